The van der Waals surface area contributed by atoms with Crippen LogP contribution in [-0.4, -0.2) is 63.7 Å². The van der Waals surface area contributed by atoms with Crippen LogP contribution in [0.15, 0.2) is 59.5 Å². The Balaban J connectivity index is 1.23. The van der Waals surface area contributed by atoms with Crippen molar-refractivity contribution < 1.29 is 14.3 Å². The number of nitrogens with one attached hydrogen (secondary N) is 1. The number of carbonyl (C=O) groups is 1. The summed E-state index contributed by atoms with van der Waals surface area (Å²) in [6, 6.07) is 12.0. The maximum absolute atomic E-state index is 13.5. The maximum atomic E-state index is 13.5. The minimum Gasteiger partial charge on any atom is -0.490 e. The van der Waals surface area contributed by atoms with Gasteiger partial charge in [-0.2, -0.15) is 4.98 Å². The monoisotopic (exact) mass is 551 g/mol. The fourth-order valence-corrected chi connectivity index (χ4v) is 6.46. The van der Waals surface area contributed by atoms with Gasteiger partial charge in [0.25, 0.3) is 5.56 Å². The lowest BCUT2D eigenvalue weighted by atomic mass is 9.87. The number of hydrogen-bond acceptors (Lipinski definition) is 8. The van der Waals surface area contributed by atoms with Gasteiger partial charge in [-0.1, -0.05) is 12.1 Å². The molecular formula is C30H29N7O4. The molecule has 2 bridgehead atoms. The third kappa shape index (κ3) is 3.91. The Morgan fingerprint density at radius 3 is 2.83 bits per heavy atom. The van der Waals surface area contributed by atoms with E-state index in [1.165, 1.54) is 24.0 Å². The van der Waals surface area contributed by atoms with Crippen molar-refractivity contribution >= 4 is 34.4 Å². The highest BCUT2D eigenvalue weighted by Gasteiger charge is 2.48. The molecule has 208 valence electrons. The second-order valence-electron chi connectivity index (χ2n) is 11.3. The van der Waals surface area contributed by atoms with Crippen molar-refractivity contribution in [2.24, 2.45) is 0 Å². The number of aromatic nitrogens is 4. The molecule has 1 fully saturated rings. The topological polar surface area (TPSA) is 107 Å². The zero-order valence-electron chi connectivity index (χ0n) is 22.7. The van der Waals surface area contributed by atoms with Gasteiger partial charge < -0.3 is 19.7 Å². The number of allylic oxidation sites excluding steroid dienone is 1. The van der Waals surface area contributed by atoms with Crippen molar-refractivity contribution in [3.05, 3.63) is 76.2 Å². The van der Waals surface area contributed by atoms with Crippen molar-refractivity contribution in [3.8, 4) is 11.4 Å². The predicted molar refractivity (Wildman–Crippen MR) is 153 cm³/mol. The standard InChI is InChI=1S/C30H29N7O4/c1-34-17-19-14-20(4-6-23(19)30(18-34)8-9-30)32-28-31-16-22-26(33-28)37-21-5-7-25-24(15-21)35(11-13-40-25)29(39)41-12-3-2-10-36(37)27(22)38/h2-7,14-16H,8-13,17-18H2,1H3,(H,31,32,33). The fourth-order valence-electron chi connectivity index (χ4n) is 6.46. The molecule has 4 aromatic rings. The van der Waals surface area contributed by atoms with Crippen molar-refractivity contribution in [2.45, 2.75) is 31.3 Å². The second-order valence-corrected chi connectivity index (χ2v) is 11.3. The number of cyclic esters (lactones) is 1. The van der Waals surface area contributed by atoms with Crippen molar-refractivity contribution in [1.29, 1.82) is 0 Å². The molecule has 5 heterocycles. The van der Waals surface area contributed by atoms with Gasteiger partial charge >= 0.3 is 6.09 Å². The molecule has 4 aliphatic rings. The molecule has 0 saturated heterocycles. The number of nitrogens with zero attached hydrogens (tertiary/aromatic N) is 6. The highest BCUT2D eigenvalue weighted by molar-refractivity contribution is 5.91. The largest absolute Gasteiger partial charge is 0.490 e. The number of hydrogen-bond donors (Lipinski definition) is 1. The Hall–Kier alpha value is -4.64. The first-order chi connectivity index (χ1) is 20.0. The molecule has 11 nitrogen and oxygen atoms in total. The summed E-state index contributed by atoms with van der Waals surface area (Å²) in [5, 5.41) is 3.77. The van der Waals surface area contributed by atoms with E-state index in [2.05, 4.69) is 40.4 Å². The normalized spacial score (nSPS) is 19.0. The zero-order valence-corrected chi connectivity index (χ0v) is 22.7. The van der Waals surface area contributed by atoms with Crippen LogP contribution in [0, 0.1) is 0 Å². The van der Waals surface area contributed by atoms with Gasteiger partial charge in [0.1, 0.15) is 24.3 Å². The number of anilines is 3. The van der Waals surface area contributed by atoms with E-state index in [1.54, 1.807) is 26.5 Å². The van der Waals surface area contributed by atoms with E-state index in [4.69, 9.17) is 14.5 Å². The summed E-state index contributed by atoms with van der Waals surface area (Å²) in [7, 11) is 2.18. The second kappa shape index (κ2) is 8.93. The molecule has 1 spiro atoms. The Bertz CT molecular complexity index is 1820. The number of carbonyl (C=O) groups excluding carboxylic acids is 1. The Morgan fingerprint density at radius 1 is 1.05 bits per heavy atom. The van der Waals surface area contributed by atoms with E-state index in [-0.39, 0.29) is 18.7 Å². The van der Waals surface area contributed by atoms with Crippen LogP contribution in [-0.2, 0) is 23.2 Å². The van der Waals surface area contributed by atoms with Crippen LogP contribution in [0.2, 0.25) is 0 Å². The van der Waals surface area contributed by atoms with E-state index >= 15 is 0 Å². The third-order valence-electron chi connectivity index (χ3n) is 8.49. The van der Waals surface area contributed by atoms with Crippen LogP contribution in [0.1, 0.15) is 24.0 Å². The summed E-state index contributed by atoms with van der Waals surface area (Å²) in [6.07, 6.45) is 7.17. The molecule has 11 heteroatoms. The molecule has 2 aromatic heterocycles. The molecule has 1 N–H and O–H groups in total. The van der Waals surface area contributed by atoms with Gasteiger partial charge in [-0.15, -0.1) is 0 Å². The molecule has 3 aliphatic heterocycles. The lowest BCUT2D eigenvalue weighted by Gasteiger charge is -2.32. The third-order valence-corrected chi connectivity index (χ3v) is 8.49. The lowest BCUT2D eigenvalue weighted by Crippen LogP contribution is -2.38. The van der Waals surface area contributed by atoms with E-state index < -0.39 is 6.09 Å². The summed E-state index contributed by atoms with van der Waals surface area (Å²) >= 11 is 0. The zero-order chi connectivity index (χ0) is 27.7. The van der Waals surface area contributed by atoms with E-state index in [1.807, 2.05) is 24.3 Å². The first-order valence-electron chi connectivity index (χ1n) is 13.9. The summed E-state index contributed by atoms with van der Waals surface area (Å²) in [6.45, 7) is 3.14. The van der Waals surface area contributed by atoms with Gasteiger partial charge in [0.15, 0.2) is 5.65 Å². The Morgan fingerprint density at radius 2 is 1.95 bits per heavy atom. The first-order valence-corrected chi connectivity index (χ1v) is 13.9. The molecule has 2 aromatic carbocycles. The Labute approximate surface area is 235 Å². The van der Waals surface area contributed by atoms with Crippen LogP contribution in [0.3, 0.4) is 0 Å². The number of likely N-dealkylation sites (N-methyl/N-ethyl adjacent to an activating group) is 1. The lowest BCUT2D eigenvalue weighted by molar-refractivity contribution is 0.162. The van der Waals surface area contributed by atoms with Crippen LogP contribution in [0.4, 0.5) is 22.1 Å². The Kier molecular flexibility index (Phi) is 5.27. The predicted octanol–water partition coefficient (Wildman–Crippen LogP) is 3.71. The van der Waals surface area contributed by atoms with E-state index in [9.17, 15) is 9.59 Å². The molecule has 0 atom stereocenters. The van der Waals surface area contributed by atoms with Gasteiger partial charge in [-0.05, 0) is 67.4 Å². The van der Waals surface area contributed by atoms with E-state index in [0.717, 1.165) is 18.8 Å². The smallest absolute Gasteiger partial charge is 0.414 e. The fraction of sp³-hybridized carbons (Fsp3) is 0.333. The minimum absolute atomic E-state index is 0.103. The van der Waals surface area contributed by atoms with Gasteiger partial charge in [0.05, 0.1) is 24.5 Å². The van der Waals surface area contributed by atoms with Gasteiger partial charge in [-0.3, -0.25) is 9.69 Å². The van der Waals surface area contributed by atoms with Crippen LogP contribution in [0.5, 0.6) is 5.75 Å². The van der Waals surface area contributed by atoms with Gasteiger partial charge in [-0.25, -0.2) is 19.1 Å². The minimum atomic E-state index is -0.440. The van der Waals surface area contributed by atoms with Crippen LogP contribution < -0.4 is 20.5 Å². The highest BCUT2D eigenvalue weighted by atomic mass is 16.6. The summed E-state index contributed by atoms with van der Waals surface area (Å²) in [5.74, 6) is 0.981. The average molecular weight is 552 g/mol. The molecule has 1 amide bonds. The number of fused-ring (bicyclic) bond motifs is 7. The highest BCUT2D eigenvalue weighted by Crippen LogP contribution is 2.52. The van der Waals surface area contributed by atoms with Crippen molar-refractivity contribution in [1.82, 2.24) is 24.2 Å². The summed E-state index contributed by atoms with van der Waals surface area (Å²) in [4.78, 5) is 39.6. The molecule has 1 aliphatic carbocycles. The number of benzene rings is 2. The van der Waals surface area contributed by atoms with Crippen LogP contribution in [0.25, 0.3) is 16.7 Å². The average Bonchev–Trinajstić information content (AvgIpc) is 3.67. The van der Waals surface area contributed by atoms with Crippen molar-refractivity contribution in [3.63, 3.8) is 0 Å². The summed E-state index contributed by atoms with van der Waals surface area (Å²) in [5.41, 5.74) is 5.54. The number of amides is 1. The first kappa shape index (κ1) is 24.2. The van der Waals surface area contributed by atoms with Crippen molar-refractivity contribution in [2.75, 3.05) is 43.6 Å². The molecule has 0 unspecified atom stereocenters. The van der Waals surface area contributed by atoms with Gasteiger partial charge in [0.2, 0.25) is 5.95 Å². The maximum Gasteiger partial charge on any atom is 0.414 e. The molecule has 1 saturated carbocycles. The molecular weight excluding hydrogens is 522 g/mol. The number of rotatable bonds is 2. The molecule has 41 heavy (non-hydrogen) atoms. The quantitative estimate of drug-likeness (QED) is 0.376. The van der Waals surface area contributed by atoms with Crippen LogP contribution >= 0.6 is 0 Å². The SMILES string of the molecule is CN1Cc2cc(Nc3ncc4c(=O)n5n(c4n3)-c3ccc4c(c3)N(CCO4)C(=O)OCC=CC5)ccc2C2(CC2)C1. The molecule has 0 radical (unpaired) electrons. The van der Waals surface area contributed by atoms with Gasteiger partial charge in [0, 0.05) is 30.4 Å². The number of ether oxygens (including phenoxy) is 2. The summed E-state index contributed by atoms with van der Waals surface area (Å²) < 4.78 is 14.6. The molecule has 8 rings (SSSR count). The van der Waals surface area contributed by atoms with E-state index in [0.29, 0.717) is 52.7 Å².